The van der Waals surface area contributed by atoms with Crippen molar-refractivity contribution in [3.8, 4) is 0 Å². The van der Waals surface area contributed by atoms with Crippen LogP contribution in [0.5, 0.6) is 0 Å². The fraction of sp³-hybridized carbons (Fsp3) is 0.188. The average Bonchev–Trinajstić information content (AvgIpc) is 2.93. The lowest BCUT2D eigenvalue weighted by Gasteiger charge is -2.23. The van der Waals surface area contributed by atoms with Gasteiger partial charge in [-0.15, -0.1) is 0 Å². The molecule has 0 N–H and O–H groups in total. The van der Waals surface area contributed by atoms with E-state index in [4.69, 9.17) is 8.92 Å². The zero-order valence-corrected chi connectivity index (χ0v) is 12.7. The molecular weight excluding hydrogens is 302 g/mol. The average molecular weight is 317 g/mol. The van der Waals surface area contributed by atoms with Gasteiger partial charge >= 0.3 is 6.09 Å². The van der Waals surface area contributed by atoms with Gasteiger partial charge < -0.3 is 4.74 Å². The van der Waals surface area contributed by atoms with Crippen molar-refractivity contribution in [1.82, 2.24) is 4.31 Å². The first-order chi connectivity index (χ1) is 10.7. The number of carbonyl (C=O) groups excluding carboxylic acids is 1. The predicted octanol–water partition coefficient (Wildman–Crippen LogP) is 3.15. The Morgan fingerprint density at radius 1 is 1.05 bits per heavy atom. The molecule has 1 aliphatic rings. The summed E-state index contributed by atoms with van der Waals surface area (Å²) in [4.78, 5) is 12.0. The highest BCUT2D eigenvalue weighted by Crippen LogP contribution is 2.44. The minimum Gasteiger partial charge on any atom is -0.452 e. The van der Waals surface area contributed by atoms with Crippen LogP contribution in [0.25, 0.3) is 0 Å². The number of benzene rings is 2. The van der Waals surface area contributed by atoms with E-state index in [2.05, 4.69) is 0 Å². The molecule has 1 fully saturated rings. The lowest BCUT2D eigenvalue weighted by molar-refractivity contribution is 0.132. The number of hydrogen-bond acceptors (Lipinski definition) is 4. The molecule has 0 unspecified atom stereocenters. The Morgan fingerprint density at radius 2 is 1.59 bits per heavy atom. The Labute approximate surface area is 131 Å². The fourth-order valence-corrected chi connectivity index (χ4v) is 3.61. The molecule has 5 nitrogen and oxygen atoms in total. The summed E-state index contributed by atoms with van der Waals surface area (Å²) in [5.41, 5.74) is 1.70. The molecule has 1 aliphatic heterocycles. The van der Waals surface area contributed by atoms with Crippen molar-refractivity contribution in [3.63, 3.8) is 0 Å². The van der Waals surface area contributed by atoms with E-state index in [0.29, 0.717) is 0 Å². The summed E-state index contributed by atoms with van der Waals surface area (Å²) in [5.74, 6) is 0. The highest BCUT2D eigenvalue weighted by atomic mass is 32.2. The van der Waals surface area contributed by atoms with Gasteiger partial charge in [0, 0.05) is 0 Å². The van der Waals surface area contributed by atoms with Crippen LogP contribution >= 0.6 is 0 Å². The molecular formula is C16H15NO4S. The van der Waals surface area contributed by atoms with Crippen molar-refractivity contribution < 1.29 is 17.9 Å². The van der Waals surface area contributed by atoms with Crippen LogP contribution in [0.4, 0.5) is 4.79 Å². The third-order valence-electron chi connectivity index (χ3n) is 3.51. The molecule has 22 heavy (non-hydrogen) atoms. The largest absolute Gasteiger partial charge is 0.452 e. The van der Waals surface area contributed by atoms with Crippen LogP contribution in [0.1, 0.15) is 23.3 Å². The third-order valence-corrected chi connectivity index (χ3v) is 4.58. The van der Waals surface area contributed by atoms with Crippen LogP contribution in [-0.4, -0.2) is 21.7 Å². The summed E-state index contributed by atoms with van der Waals surface area (Å²) in [6.45, 7) is 0. The van der Waals surface area contributed by atoms with Crippen LogP contribution < -0.4 is 0 Å². The lowest BCUT2D eigenvalue weighted by atomic mass is 9.96. The molecule has 2 aromatic rings. The SMILES string of the molecule is COC(=O)N1[C@@H](c2ccccc2)[C@@H](c2ccccc2)O[S@]1=O. The van der Waals surface area contributed by atoms with Gasteiger partial charge in [-0.2, -0.15) is 4.31 Å². The van der Waals surface area contributed by atoms with Gasteiger partial charge in [0.1, 0.15) is 12.1 Å². The quantitative estimate of drug-likeness (QED) is 0.854. The molecule has 3 rings (SSSR count). The van der Waals surface area contributed by atoms with Crippen molar-refractivity contribution in [2.24, 2.45) is 0 Å². The second-order valence-corrected chi connectivity index (χ2v) is 5.82. The molecule has 0 saturated carbocycles. The monoisotopic (exact) mass is 317 g/mol. The van der Waals surface area contributed by atoms with E-state index in [1.807, 2.05) is 60.7 Å². The highest BCUT2D eigenvalue weighted by molar-refractivity contribution is 7.78. The number of rotatable bonds is 2. The summed E-state index contributed by atoms with van der Waals surface area (Å²) >= 11 is -1.89. The van der Waals surface area contributed by atoms with E-state index >= 15 is 0 Å². The molecule has 114 valence electrons. The van der Waals surface area contributed by atoms with Gasteiger partial charge in [0.05, 0.1) is 7.11 Å². The summed E-state index contributed by atoms with van der Waals surface area (Å²) in [6, 6.07) is 18.3. The summed E-state index contributed by atoms with van der Waals surface area (Å²) in [5, 5.41) is 0. The number of carbonyl (C=O) groups is 1. The van der Waals surface area contributed by atoms with E-state index < -0.39 is 29.5 Å². The Morgan fingerprint density at radius 3 is 2.14 bits per heavy atom. The standard InChI is InChI=1S/C16H15NO4S/c1-20-16(18)17-14(12-8-4-2-5-9-12)15(21-22(17)19)13-10-6-3-7-11-13/h2-11,14-15H,1H3/t14-,15+,22+/m0/s1. The first-order valence-corrected chi connectivity index (χ1v) is 7.81. The zero-order valence-electron chi connectivity index (χ0n) is 11.9. The fourth-order valence-electron chi connectivity index (χ4n) is 2.51. The maximum atomic E-state index is 12.3. The van der Waals surface area contributed by atoms with Gasteiger partial charge in [-0.1, -0.05) is 60.7 Å². The van der Waals surface area contributed by atoms with Gasteiger partial charge in [-0.05, 0) is 11.1 Å². The molecule has 1 saturated heterocycles. The molecule has 6 heteroatoms. The molecule has 1 amide bonds. The molecule has 0 bridgehead atoms. The van der Waals surface area contributed by atoms with Crippen LogP contribution in [0.2, 0.25) is 0 Å². The van der Waals surface area contributed by atoms with Crippen molar-refractivity contribution in [2.45, 2.75) is 12.1 Å². The molecule has 0 aromatic heterocycles. The van der Waals surface area contributed by atoms with E-state index in [1.165, 1.54) is 7.11 Å². The lowest BCUT2D eigenvalue weighted by Crippen LogP contribution is -2.32. The van der Waals surface area contributed by atoms with Crippen molar-refractivity contribution in [2.75, 3.05) is 7.11 Å². The van der Waals surface area contributed by atoms with Gasteiger partial charge in [0.2, 0.25) is 0 Å². The van der Waals surface area contributed by atoms with E-state index in [-0.39, 0.29) is 0 Å². The molecule has 0 radical (unpaired) electrons. The number of ether oxygens (including phenoxy) is 1. The van der Waals surface area contributed by atoms with Gasteiger partial charge in [0.15, 0.2) is 0 Å². The number of nitrogens with zero attached hydrogens (tertiary/aromatic N) is 1. The molecule has 0 spiro atoms. The van der Waals surface area contributed by atoms with Crippen LogP contribution in [0.15, 0.2) is 60.7 Å². The Hall–Kier alpha value is -2.18. The van der Waals surface area contributed by atoms with E-state index in [9.17, 15) is 9.00 Å². The second kappa shape index (κ2) is 6.29. The van der Waals surface area contributed by atoms with Crippen molar-refractivity contribution in [1.29, 1.82) is 0 Å². The van der Waals surface area contributed by atoms with Crippen LogP contribution in [-0.2, 0) is 20.2 Å². The smallest absolute Gasteiger partial charge is 0.423 e. The first-order valence-electron chi connectivity index (χ1n) is 6.78. The Kier molecular flexibility index (Phi) is 4.22. The summed E-state index contributed by atoms with van der Waals surface area (Å²) < 4.78 is 23.7. The normalized spacial score (nSPS) is 24.2. The molecule has 1 heterocycles. The van der Waals surface area contributed by atoms with Gasteiger partial charge in [0.25, 0.3) is 11.3 Å². The topological polar surface area (TPSA) is 55.8 Å². The second-order valence-electron chi connectivity index (χ2n) is 4.80. The predicted molar refractivity (Wildman–Crippen MR) is 81.8 cm³/mol. The Bertz CT molecular complexity index is 677. The van der Waals surface area contributed by atoms with Crippen LogP contribution in [0.3, 0.4) is 0 Å². The van der Waals surface area contributed by atoms with E-state index in [0.717, 1.165) is 15.4 Å². The Balaban J connectivity index is 2.06. The molecule has 0 aliphatic carbocycles. The zero-order chi connectivity index (χ0) is 15.5. The minimum atomic E-state index is -1.89. The maximum absolute atomic E-state index is 12.3. The van der Waals surface area contributed by atoms with E-state index in [1.54, 1.807) is 0 Å². The molecule has 2 aromatic carbocycles. The van der Waals surface area contributed by atoms with Crippen LogP contribution in [0, 0.1) is 0 Å². The molecule has 3 atom stereocenters. The number of amides is 1. The summed E-state index contributed by atoms with van der Waals surface area (Å²) in [6.07, 6.45) is -1.19. The van der Waals surface area contributed by atoms with Crippen molar-refractivity contribution in [3.05, 3.63) is 71.8 Å². The third kappa shape index (κ3) is 2.63. The number of methoxy groups -OCH3 is 1. The maximum Gasteiger partial charge on any atom is 0.423 e. The van der Waals surface area contributed by atoms with Crippen molar-refractivity contribution >= 4 is 17.4 Å². The number of hydrogen-bond donors (Lipinski definition) is 0. The van der Waals surface area contributed by atoms with Gasteiger partial charge in [-0.3, -0.25) is 4.18 Å². The summed E-state index contributed by atoms with van der Waals surface area (Å²) in [7, 11) is 1.26. The highest BCUT2D eigenvalue weighted by Gasteiger charge is 2.46. The van der Waals surface area contributed by atoms with Gasteiger partial charge in [-0.25, -0.2) is 9.00 Å². The minimum absolute atomic E-state index is 0.503. The first kappa shape index (κ1) is 14.7.